The number of likely N-dealkylation sites (N-methyl/N-ethyl adjacent to an activating group) is 1. The lowest BCUT2D eigenvalue weighted by Crippen LogP contribution is -2.23. The third kappa shape index (κ3) is 3.45. The minimum atomic E-state index is 0.131. The highest BCUT2D eigenvalue weighted by molar-refractivity contribution is 6.30. The standard InChI is InChI=1S/C14H15ClN2O/c1-16-14(11-5-7-17-8-6-11)10-18-13-4-2-3-12(15)9-13/h2-9,14,16H,10H2,1H3. The van der Waals surface area contributed by atoms with Gasteiger partial charge in [-0.1, -0.05) is 17.7 Å². The first kappa shape index (κ1) is 12.9. The third-order valence-corrected chi connectivity index (χ3v) is 2.90. The van der Waals surface area contributed by atoms with Crippen molar-refractivity contribution in [2.45, 2.75) is 6.04 Å². The first-order chi connectivity index (χ1) is 8.79. The van der Waals surface area contributed by atoms with Gasteiger partial charge in [-0.2, -0.15) is 0 Å². The summed E-state index contributed by atoms with van der Waals surface area (Å²) >= 11 is 5.91. The number of rotatable bonds is 5. The van der Waals surface area contributed by atoms with Crippen LogP contribution in [0.1, 0.15) is 11.6 Å². The predicted octanol–water partition coefficient (Wildman–Crippen LogP) is 3.07. The molecule has 94 valence electrons. The van der Waals surface area contributed by atoms with Crippen LogP contribution in [0.4, 0.5) is 0 Å². The maximum Gasteiger partial charge on any atom is 0.120 e. The molecule has 4 heteroatoms. The summed E-state index contributed by atoms with van der Waals surface area (Å²) in [5.74, 6) is 0.775. The highest BCUT2D eigenvalue weighted by atomic mass is 35.5. The van der Waals surface area contributed by atoms with Crippen LogP contribution in [-0.2, 0) is 0 Å². The maximum absolute atomic E-state index is 5.91. The number of ether oxygens (including phenoxy) is 1. The van der Waals surface area contributed by atoms with Crippen LogP contribution in [0.15, 0.2) is 48.8 Å². The number of nitrogens with zero attached hydrogens (tertiary/aromatic N) is 1. The van der Waals surface area contributed by atoms with Crippen LogP contribution < -0.4 is 10.1 Å². The number of hydrogen-bond donors (Lipinski definition) is 1. The maximum atomic E-state index is 5.91. The van der Waals surface area contributed by atoms with Crippen molar-refractivity contribution in [3.63, 3.8) is 0 Å². The predicted molar refractivity (Wildman–Crippen MR) is 73.0 cm³/mol. The van der Waals surface area contributed by atoms with Crippen LogP contribution in [0.3, 0.4) is 0 Å². The highest BCUT2D eigenvalue weighted by Crippen LogP contribution is 2.19. The normalized spacial score (nSPS) is 12.1. The van der Waals surface area contributed by atoms with Gasteiger partial charge in [0.2, 0.25) is 0 Å². The summed E-state index contributed by atoms with van der Waals surface area (Å²) in [4.78, 5) is 4.01. The van der Waals surface area contributed by atoms with E-state index in [9.17, 15) is 0 Å². The van der Waals surface area contributed by atoms with Gasteiger partial charge >= 0.3 is 0 Å². The zero-order chi connectivity index (χ0) is 12.8. The van der Waals surface area contributed by atoms with Gasteiger partial charge < -0.3 is 10.1 Å². The molecule has 1 atom stereocenters. The number of pyridine rings is 1. The molecule has 2 rings (SSSR count). The second-order valence-corrected chi connectivity index (χ2v) is 4.33. The van der Waals surface area contributed by atoms with E-state index >= 15 is 0 Å². The average molecular weight is 263 g/mol. The lowest BCUT2D eigenvalue weighted by molar-refractivity contribution is 0.273. The molecule has 0 aliphatic heterocycles. The van der Waals surface area contributed by atoms with Gasteiger partial charge in [-0.3, -0.25) is 4.98 Å². The quantitative estimate of drug-likeness (QED) is 0.899. The summed E-state index contributed by atoms with van der Waals surface area (Å²) in [5, 5.41) is 3.90. The Morgan fingerprint density at radius 1 is 1.28 bits per heavy atom. The average Bonchev–Trinajstić information content (AvgIpc) is 2.41. The minimum Gasteiger partial charge on any atom is -0.492 e. The summed E-state index contributed by atoms with van der Waals surface area (Å²) in [6.45, 7) is 0.543. The molecular formula is C14H15ClN2O. The van der Waals surface area contributed by atoms with Gasteiger partial charge in [0.15, 0.2) is 0 Å². The molecule has 2 aromatic rings. The van der Waals surface area contributed by atoms with Gasteiger partial charge in [0, 0.05) is 17.4 Å². The van der Waals surface area contributed by atoms with Crippen LogP contribution in [0.2, 0.25) is 5.02 Å². The lowest BCUT2D eigenvalue weighted by atomic mass is 10.1. The molecule has 3 nitrogen and oxygen atoms in total. The molecule has 0 radical (unpaired) electrons. The summed E-state index contributed by atoms with van der Waals surface area (Å²) < 4.78 is 5.73. The smallest absolute Gasteiger partial charge is 0.120 e. The zero-order valence-electron chi connectivity index (χ0n) is 10.1. The van der Waals surface area contributed by atoms with Crippen molar-refractivity contribution >= 4 is 11.6 Å². The molecular weight excluding hydrogens is 248 g/mol. The highest BCUT2D eigenvalue weighted by Gasteiger charge is 2.09. The van der Waals surface area contributed by atoms with E-state index in [-0.39, 0.29) is 6.04 Å². The Balaban J connectivity index is 2.00. The molecule has 0 amide bonds. The largest absolute Gasteiger partial charge is 0.492 e. The van der Waals surface area contributed by atoms with Crippen LogP contribution >= 0.6 is 11.6 Å². The van der Waals surface area contributed by atoms with Gasteiger partial charge in [0.05, 0.1) is 6.04 Å². The van der Waals surface area contributed by atoms with Gasteiger partial charge in [0.1, 0.15) is 12.4 Å². The van der Waals surface area contributed by atoms with E-state index < -0.39 is 0 Å². The lowest BCUT2D eigenvalue weighted by Gasteiger charge is -2.17. The van der Waals surface area contributed by atoms with Crippen LogP contribution in [0.5, 0.6) is 5.75 Å². The molecule has 0 saturated heterocycles. The molecule has 0 aliphatic rings. The van der Waals surface area contributed by atoms with Crippen LogP contribution in [-0.4, -0.2) is 18.6 Å². The van der Waals surface area contributed by atoms with Crippen molar-refractivity contribution in [1.29, 1.82) is 0 Å². The van der Waals surface area contributed by atoms with E-state index in [1.165, 1.54) is 0 Å². The summed E-state index contributed by atoms with van der Waals surface area (Å²) in [5.41, 5.74) is 1.15. The Hall–Kier alpha value is -1.58. The minimum absolute atomic E-state index is 0.131. The van der Waals surface area contributed by atoms with Gasteiger partial charge in [-0.15, -0.1) is 0 Å². The monoisotopic (exact) mass is 262 g/mol. The number of nitrogens with one attached hydrogen (secondary N) is 1. The molecule has 1 aromatic carbocycles. The van der Waals surface area contributed by atoms with Crippen LogP contribution in [0, 0.1) is 0 Å². The fourth-order valence-corrected chi connectivity index (χ4v) is 1.86. The molecule has 1 unspecified atom stereocenters. The van der Waals surface area contributed by atoms with Gasteiger partial charge in [-0.25, -0.2) is 0 Å². The van der Waals surface area contributed by atoms with Gasteiger partial charge in [-0.05, 0) is 42.9 Å². The fraction of sp³-hybridized carbons (Fsp3) is 0.214. The topological polar surface area (TPSA) is 34.1 Å². The number of halogens is 1. The van der Waals surface area contributed by atoms with E-state index in [4.69, 9.17) is 16.3 Å². The Morgan fingerprint density at radius 3 is 2.72 bits per heavy atom. The van der Waals surface area contributed by atoms with Gasteiger partial charge in [0.25, 0.3) is 0 Å². The molecule has 18 heavy (non-hydrogen) atoms. The van der Waals surface area contributed by atoms with E-state index in [0.717, 1.165) is 11.3 Å². The second-order valence-electron chi connectivity index (χ2n) is 3.89. The van der Waals surface area contributed by atoms with Crippen molar-refractivity contribution in [2.75, 3.05) is 13.7 Å². The Kier molecular flexibility index (Phi) is 4.56. The first-order valence-corrected chi connectivity index (χ1v) is 6.13. The second kappa shape index (κ2) is 6.38. The summed E-state index contributed by atoms with van der Waals surface area (Å²) in [6.07, 6.45) is 3.55. The van der Waals surface area contributed by atoms with E-state index in [2.05, 4.69) is 10.3 Å². The SMILES string of the molecule is CNC(COc1cccc(Cl)c1)c1ccncc1. The van der Waals surface area contributed by atoms with Crippen molar-refractivity contribution in [1.82, 2.24) is 10.3 Å². The Bertz CT molecular complexity index is 490. The zero-order valence-corrected chi connectivity index (χ0v) is 10.9. The molecule has 0 saturated carbocycles. The number of benzene rings is 1. The molecule has 0 fully saturated rings. The summed E-state index contributed by atoms with van der Waals surface area (Å²) in [6, 6.07) is 11.5. The first-order valence-electron chi connectivity index (χ1n) is 5.75. The van der Waals surface area contributed by atoms with Crippen molar-refractivity contribution < 1.29 is 4.74 Å². The molecule has 0 bridgehead atoms. The summed E-state index contributed by atoms with van der Waals surface area (Å²) in [7, 11) is 1.91. The molecule has 1 aromatic heterocycles. The van der Waals surface area contributed by atoms with E-state index in [0.29, 0.717) is 11.6 Å². The van der Waals surface area contributed by atoms with E-state index in [1.54, 1.807) is 18.5 Å². The Labute approximate surface area is 112 Å². The number of aromatic nitrogens is 1. The van der Waals surface area contributed by atoms with E-state index in [1.807, 2.05) is 37.4 Å². The number of hydrogen-bond acceptors (Lipinski definition) is 3. The fourth-order valence-electron chi connectivity index (χ4n) is 1.68. The Morgan fingerprint density at radius 2 is 2.06 bits per heavy atom. The van der Waals surface area contributed by atoms with Crippen molar-refractivity contribution in [3.05, 3.63) is 59.4 Å². The molecule has 0 spiro atoms. The van der Waals surface area contributed by atoms with Crippen LogP contribution in [0.25, 0.3) is 0 Å². The molecule has 1 N–H and O–H groups in total. The third-order valence-electron chi connectivity index (χ3n) is 2.67. The molecule has 1 heterocycles. The molecule has 0 aliphatic carbocycles. The van der Waals surface area contributed by atoms with Crippen molar-refractivity contribution in [2.24, 2.45) is 0 Å². The van der Waals surface area contributed by atoms with Crippen molar-refractivity contribution in [3.8, 4) is 5.75 Å².